The molecule has 1 fully saturated rings. The normalized spacial score (nSPS) is 20.3. The van der Waals surface area contributed by atoms with Crippen LogP contribution in [-0.4, -0.2) is 51.0 Å². The molecule has 1 aliphatic heterocycles. The minimum absolute atomic E-state index is 0.204. The second-order valence-electron chi connectivity index (χ2n) is 5.68. The fourth-order valence-electron chi connectivity index (χ4n) is 3.04. The number of benzene rings is 1. The number of likely N-dealkylation sites (tertiary alicyclic amines) is 1. The summed E-state index contributed by atoms with van der Waals surface area (Å²) in [5.74, 6) is 0.204. The number of hydrogen-bond acceptors (Lipinski definition) is 5. The number of aromatic nitrogens is 1. The van der Waals surface area contributed by atoms with Crippen LogP contribution in [0.2, 0.25) is 0 Å². The Morgan fingerprint density at radius 3 is 2.86 bits per heavy atom. The standard InChI is InChI=1S/C15H20N2O4/c1-17-6-2-3-11(17)7-10-9-16-14-5-4-12(8-13(10)14)21-15(18,19)20/h4-5,8-9,11,16,18-20H,2-3,6-7H2,1H3. The molecule has 3 rings (SSSR count). The number of H-pyrrole nitrogens is 1. The summed E-state index contributed by atoms with van der Waals surface area (Å²) in [5, 5.41) is 27.7. The van der Waals surface area contributed by atoms with Crippen molar-refractivity contribution in [1.82, 2.24) is 9.88 Å². The molecule has 21 heavy (non-hydrogen) atoms. The summed E-state index contributed by atoms with van der Waals surface area (Å²) < 4.78 is 4.67. The molecule has 0 amide bonds. The minimum atomic E-state index is -3.16. The maximum Gasteiger partial charge on any atom is 0.453 e. The highest BCUT2D eigenvalue weighted by molar-refractivity contribution is 5.84. The molecule has 4 N–H and O–H groups in total. The third-order valence-electron chi connectivity index (χ3n) is 4.12. The highest BCUT2D eigenvalue weighted by Crippen LogP contribution is 2.28. The van der Waals surface area contributed by atoms with Crippen LogP contribution >= 0.6 is 0 Å². The topological polar surface area (TPSA) is 89.0 Å². The molecular formula is C15H20N2O4. The van der Waals surface area contributed by atoms with Crippen molar-refractivity contribution in [2.24, 2.45) is 0 Å². The predicted octanol–water partition coefficient (Wildman–Crippen LogP) is 0.772. The van der Waals surface area contributed by atoms with Gasteiger partial charge in [-0.1, -0.05) is 0 Å². The van der Waals surface area contributed by atoms with Gasteiger partial charge in [0.25, 0.3) is 0 Å². The number of rotatable bonds is 4. The van der Waals surface area contributed by atoms with Crippen molar-refractivity contribution in [2.45, 2.75) is 31.5 Å². The van der Waals surface area contributed by atoms with E-state index in [4.69, 9.17) is 15.3 Å². The zero-order valence-corrected chi connectivity index (χ0v) is 11.9. The second-order valence-corrected chi connectivity index (χ2v) is 5.68. The van der Waals surface area contributed by atoms with Crippen molar-refractivity contribution >= 4 is 10.9 Å². The van der Waals surface area contributed by atoms with Crippen molar-refractivity contribution in [3.8, 4) is 5.75 Å². The zero-order chi connectivity index (χ0) is 15.0. The molecule has 1 saturated heterocycles. The van der Waals surface area contributed by atoms with Crippen LogP contribution in [-0.2, 0) is 6.42 Å². The predicted molar refractivity (Wildman–Crippen MR) is 77.7 cm³/mol. The first-order valence-electron chi connectivity index (χ1n) is 7.09. The van der Waals surface area contributed by atoms with Crippen LogP contribution in [0.4, 0.5) is 0 Å². The van der Waals surface area contributed by atoms with Gasteiger partial charge in [0.05, 0.1) is 0 Å². The number of aromatic amines is 1. The van der Waals surface area contributed by atoms with Gasteiger partial charge in [-0.2, -0.15) is 0 Å². The lowest BCUT2D eigenvalue weighted by Crippen LogP contribution is -2.34. The molecule has 2 heterocycles. The van der Waals surface area contributed by atoms with Crippen molar-refractivity contribution in [2.75, 3.05) is 13.6 Å². The molecule has 0 bridgehead atoms. The van der Waals surface area contributed by atoms with Crippen LogP contribution in [0.3, 0.4) is 0 Å². The monoisotopic (exact) mass is 292 g/mol. The summed E-state index contributed by atoms with van der Waals surface area (Å²) >= 11 is 0. The maximum atomic E-state index is 8.90. The SMILES string of the molecule is CN1CCCC1Cc1c[nH]c2ccc(OC(O)(O)O)cc12. The van der Waals surface area contributed by atoms with Crippen LogP contribution in [0.15, 0.2) is 24.4 Å². The number of ether oxygens (including phenoxy) is 1. The van der Waals surface area contributed by atoms with Gasteiger partial charge in [-0.3, -0.25) is 0 Å². The summed E-state index contributed by atoms with van der Waals surface area (Å²) in [6.45, 7) is 1.13. The van der Waals surface area contributed by atoms with Crippen molar-refractivity contribution in [1.29, 1.82) is 0 Å². The van der Waals surface area contributed by atoms with E-state index in [2.05, 4.69) is 21.7 Å². The van der Waals surface area contributed by atoms with Crippen LogP contribution in [0.1, 0.15) is 18.4 Å². The first kappa shape index (κ1) is 14.3. The zero-order valence-electron chi connectivity index (χ0n) is 11.9. The Balaban J connectivity index is 1.87. The Labute approximate surface area is 122 Å². The Hall–Kier alpha value is -1.60. The van der Waals surface area contributed by atoms with Gasteiger partial charge in [-0.05, 0) is 56.6 Å². The average Bonchev–Trinajstić information content (AvgIpc) is 2.96. The van der Waals surface area contributed by atoms with Crippen LogP contribution in [0, 0.1) is 0 Å². The molecular weight excluding hydrogens is 272 g/mol. The van der Waals surface area contributed by atoms with Crippen LogP contribution in [0.25, 0.3) is 10.9 Å². The molecule has 6 nitrogen and oxygen atoms in total. The summed E-state index contributed by atoms with van der Waals surface area (Å²) in [6, 6.07) is 5.59. The number of fused-ring (bicyclic) bond motifs is 1. The summed E-state index contributed by atoms with van der Waals surface area (Å²) in [4.78, 5) is 5.57. The molecule has 0 spiro atoms. The van der Waals surface area contributed by atoms with Gasteiger partial charge in [-0.15, -0.1) is 0 Å². The number of nitrogens with one attached hydrogen (secondary N) is 1. The van der Waals surface area contributed by atoms with E-state index in [1.807, 2.05) is 6.20 Å². The molecule has 1 aliphatic rings. The van der Waals surface area contributed by atoms with E-state index in [-0.39, 0.29) is 5.75 Å². The molecule has 6 heteroatoms. The Morgan fingerprint density at radius 1 is 1.38 bits per heavy atom. The molecule has 2 aromatic rings. The van der Waals surface area contributed by atoms with Gasteiger partial charge in [0.2, 0.25) is 0 Å². The van der Waals surface area contributed by atoms with E-state index in [1.54, 1.807) is 18.2 Å². The number of nitrogens with zero attached hydrogens (tertiary/aromatic N) is 1. The number of hydrogen-bond donors (Lipinski definition) is 4. The van der Waals surface area contributed by atoms with Crippen molar-refractivity contribution < 1.29 is 20.1 Å². The molecule has 1 atom stereocenters. The van der Waals surface area contributed by atoms with Gasteiger partial charge in [0.15, 0.2) is 0 Å². The Morgan fingerprint density at radius 2 is 2.19 bits per heavy atom. The quantitative estimate of drug-likeness (QED) is 0.625. The van der Waals surface area contributed by atoms with Gasteiger partial charge in [0, 0.05) is 23.1 Å². The highest BCUT2D eigenvalue weighted by Gasteiger charge is 2.23. The summed E-state index contributed by atoms with van der Waals surface area (Å²) in [7, 11) is 2.14. The average molecular weight is 292 g/mol. The highest BCUT2D eigenvalue weighted by atomic mass is 16.9. The Kier molecular flexibility index (Phi) is 3.62. The lowest BCUT2D eigenvalue weighted by Gasteiger charge is -2.19. The Bertz CT molecular complexity index is 632. The van der Waals surface area contributed by atoms with Crippen molar-refractivity contribution in [3.63, 3.8) is 0 Å². The second kappa shape index (κ2) is 5.31. The molecule has 1 aromatic carbocycles. The lowest BCUT2D eigenvalue weighted by atomic mass is 10.0. The van der Waals surface area contributed by atoms with E-state index < -0.39 is 6.16 Å². The number of aliphatic hydroxyl groups is 3. The van der Waals surface area contributed by atoms with Gasteiger partial charge < -0.3 is 29.9 Å². The first-order valence-corrected chi connectivity index (χ1v) is 7.09. The van der Waals surface area contributed by atoms with E-state index in [0.717, 1.165) is 29.4 Å². The third-order valence-corrected chi connectivity index (χ3v) is 4.12. The molecule has 114 valence electrons. The van der Waals surface area contributed by atoms with E-state index in [9.17, 15) is 0 Å². The third kappa shape index (κ3) is 3.19. The summed E-state index contributed by atoms with van der Waals surface area (Å²) in [6.07, 6.45) is 2.16. The van der Waals surface area contributed by atoms with Crippen molar-refractivity contribution in [3.05, 3.63) is 30.0 Å². The van der Waals surface area contributed by atoms with Gasteiger partial charge >= 0.3 is 6.16 Å². The van der Waals surface area contributed by atoms with Crippen LogP contribution in [0.5, 0.6) is 5.75 Å². The summed E-state index contributed by atoms with van der Waals surface area (Å²) in [5.41, 5.74) is 2.12. The minimum Gasteiger partial charge on any atom is -0.417 e. The van der Waals surface area contributed by atoms with E-state index >= 15 is 0 Å². The fourth-order valence-corrected chi connectivity index (χ4v) is 3.04. The lowest BCUT2D eigenvalue weighted by molar-refractivity contribution is -0.419. The van der Waals surface area contributed by atoms with Gasteiger partial charge in [-0.25, -0.2) is 0 Å². The van der Waals surface area contributed by atoms with E-state index in [0.29, 0.717) is 6.04 Å². The number of likely N-dealkylation sites (N-methyl/N-ethyl adjacent to an activating group) is 1. The smallest absolute Gasteiger partial charge is 0.417 e. The molecule has 0 saturated carbocycles. The largest absolute Gasteiger partial charge is 0.453 e. The van der Waals surface area contributed by atoms with E-state index in [1.165, 1.54) is 12.8 Å². The molecule has 0 aliphatic carbocycles. The van der Waals surface area contributed by atoms with Crippen LogP contribution < -0.4 is 4.74 Å². The molecule has 0 radical (unpaired) electrons. The maximum absolute atomic E-state index is 8.90. The molecule has 1 unspecified atom stereocenters. The fraction of sp³-hybridized carbons (Fsp3) is 0.467. The molecule has 1 aromatic heterocycles. The first-order chi connectivity index (χ1) is 9.92. The van der Waals surface area contributed by atoms with Gasteiger partial charge in [0.1, 0.15) is 5.75 Å².